The van der Waals surface area contributed by atoms with E-state index in [1.807, 2.05) is 6.92 Å². The predicted molar refractivity (Wildman–Crippen MR) is 66.3 cm³/mol. The average Bonchev–Trinajstić information content (AvgIpc) is 2.22. The third-order valence-electron chi connectivity index (χ3n) is 2.40. The average molecular weight is 252 g/mol. The fraction of sp³-hybridized carbons (Fsp3) is 0.167. The van der Waals surface area contributed by atoms with E-state index in [1.165, 1.54) is 6.07 Å². The first-order valence-electron chi connectivity index (χ1n) is 5.04. The Kier molecular flexibility index (Phi) is 2.98. The van der Waals surface area contributed by atoms with Gasteiger partial charge in [0.05, 0.1) is 10.7 Å². The maximum Gasteiger partial charge on any atom is 0.220 e. The Morgan fingerprint density at radius 3 is 2.53 bits per heavy atom. The van der Waals surface area contributed by atoms with Gasteiger partial charge in [-0.2, -0.15) is 0 Å². The summed E-state index contributed by atoms with van der Waals surface area (Å²) in [7, 11) is 0. The molecule has 0 saturated heterocycles. The van der Waals surface area contributed by atoms with Crippen molar-refractivity contribution in [2.75, 3.05) is 5.73 Å². The molecule has 1 heterocycles. The molecule has 0 radical (unpaired) electrons. The van der Waals surface area contributed by atoms with E-state index in [0.29, 0.717) is 21.8 Å². The summed E-state index contributed by atoms with van der Waals surface area (Å²) >= 11 is 6.00. The van der Waals surface area contributed by atoms with Crippen LogP contribution in [-0.4, -0.2) is 9.97 Å². The molecule has 2 N–H and O–H groups in total. The molecular formula is C12H11ClFN3. The highest BCUT2D eigenvalue weighted by Gasteiger charge is 2.10. The molecule has 0 spiro atoms. The van der Waals surface area contributed by atoms with E-state index in [-0.39, 0.29) is 11.8 Å². The molecule has 2 rings (SSSR count). The van der Waals surface area contributed by atoms with E-state index < -0.39 is 0 Å². The largest absolute Gasteiger partial charge is 0.368 e. The Bertz CT molecular complexity index is 564. The van der Waals surface area contributed by atoms with Gasteiger partial charge >= 0.3 is 0 Å². The molecule has 1 aromatic heterocycles. The van der Waals surface area contributed by atoms with Crippen LogP contribution in [-0.2, 0) is 0 Å². The SMILES string of the molecule is Cc1cc(-c2cc(C)c(F)cc2Cl)nc(N)n1. The molecule has 2 aromatic rings. The van der Waals surface area contributed by atoms with Gasteiger partial charge in [-0.3, -0.25) is 0 Å². The Balaban J connectivity index is 2.64. The number of nitrogens with zero attached hydrogens (tertiary/aromatic N) is 2. The number of hydrogen-bond acceptors (Lipinski definition) is 3. The van der Waals surface area contributed by atoms with Crippen LogP contribution in [0, 0.1) is 19.7 Å². The Morgan fingerprint density at radius 1 is 1.18 bits per heavy atom. The number of benzene rings is 1. The van der Waals surface area contributed by atoms with Crippen molar-refractivity contribution in [2.24, 2.45) is 0 Å². The van der Waals surface area contributed by atoms with Crippen LogP contribution in [0.2, 0.25) is 5.02 Å². The number of nitrogen functional groups attached to an aromatic ring is 1. The van der Waals surface area contributed by atoms with Crippen molar-refractivity contribution in [3.63, 3.8) is 0 Å². The molecule has 1 aromatic carbocycles. The van der Waals surface area contributed by atoms with Crippen molar-refractivity contribution in [2.45, 2.75) is 13.8 Å². The smallest absolute Gasteiger partial charge is 0.220 e. The normalized spacial score (nSPS) is 10.6. The molecule has 0 aliphatic heterocycles. The molecule has 0 saturated carbocycles. The molecule has 88 valence electrons. The Hall–Kier alpha value is -1.68. The summed E-state index contributed by atoms with van der Waals surface area (Å²) in [4.78, 5) is 8.07. The molecule has 3 nitrogen and oxygen atoms in total. The van der Waals surface area contributed by atoms with E-state index in [2.05, 4.69) is 9.97 Å². The van der Waals surface area contributed by atoms with E-state index in [9.17, 15) is 4.39 Å². The standard InChI is InChI=1S/C12H11ClFN3/c1-6-3-8(9(13)5-10(6)14)11-4-7(2)16-12(15)17-11/h3-5H,1-2H3,(H2,15,16,17). The first-order chi connectivity index (χ1) is 7.97. The van der Waals surface area contributed by atoms with Gasteiger partial charge in [0.25, 0.3) is 0 Å². The van der Waals surface area contributed by atoms with Crippen LogP contribution in [0.4, 0.5) is 10.3 Å². The van der Waals surface area contributed by atoms with Crippen molar-refractivity contribution in [1.29, 1.82) is 0 Å². The lowest BCUT2D eigenvalue weighted by molar-refractivity contribution is 0.619. The van der Waals surface area contributed by atoms with Crippen molar-refractivity contribution in [1.82, 2.24) is 9.97 Å². The summed E-state index contributed by atoms with van der Waals surface area (Å²) in [5.74, 6) is -0.157. The lowest BCUT2D eigenvalue weighted by atomic mass is 10.1. The minimum atomic E-state index is -0.336. The number of halogens is 2. The number of hydrogen-bond donors (Lipinski definition) is 1. The number of nitrogens with two attached hydrogens (primary N) is 1. The third kappa shape index (κ3) is 2.36. The Morgan fingerprint density at radius 2 is 1.88 bits per heavy atom. The van der Waals surface area contributed by atoms with Gasteiger partial charge in [0.15, 0.2) is 0 Å². The van der Waals surface area contributed by atoms with E-state index in [4.69, 9.17) is 17.3 Å². The van der Waals surface area contributed by atoms with Gasteiger partial charge in [-0.25, -0.2) is 14.4 Å². The van der Waals surface area contributed by atoms with Crippen LogP contribution in [0.25, 0.3) is 11.3 Å². The fourth-order valence-electron chi connectivity index (χ4n) is 1.58. The second kappa shape index (κ2) is 4.30. The molecule has 0 bridgehead atoms. The molecule has 0 unspecified atom stereocenters. The zero-order chi connectivity index (χ0) is 12.6. The van der Waals surface area contributed by atoms with Crippen molar-refractivity contribution < 1.29 is 4.39 Å². The molecule has 5 heteroatoms. The maximum absolute atomic E-state index is 13.3. The first-order valence-corrected chi connectivity index (χ1v) is 5.42. The summed E-state index contributed by atoms with van der Waals surface area (Å²) in [6.45, 7) is 3.48. The monoisotopic (exact) mass is 251 g/mol. The molecule has 0 aliphatic carbocycles. The second-order valence-electron chi connectivity index (χ2n) is 3.83. The number of aromatic nitrogens is 2. The lowest BCUT2D eigenvalue weighted by Gasteiger charge is -2.07. The first kappa shape index (κ1) is 11.8. The van der Waals surface area contributed by atoms with Gasteiger partial charge in [0.2, 0.25) is 5.95 Å². The fourth-order valence-corrected chi connectivity index (χ4v) is 1.83. The minimum Gasteiger partial charge on any atom is -0.368 e. The quantitative estimate of drug-likeness (QED) is 0.847. The molecule has 0 fully saturated rings. The molecule has 0 aliphatic rings. The van der Waals surface area contributed by atoms with Crippen molar-refractivity contribution in [3.8, 4) is 11.3 Å². The molecular weight excluding hydrogens is 241 g/mol. The summed E-state index contributed by atoms with van der Waals surface area (Å²) in [5.41, 5.74) is 8.09. The van der Waals surface area contributed by atoms with Gasteiger partial charge < -0.3 is 5.73 Å². The van der Waals surface area contributed by atoms with Crippen LogP contribution in [0.15, 0.2) is 18.2 Å². The van der Waals surface area contributed by atoms with Crippen LogP contribution >= 0.6 is 11.6 Å². The van der Waals surface area contributed by atoms with E-state index >= 15 is 0 Å². The highest BCUT2D eigenvalue weighted by molar-refractivity contribution is 6.33. The minimum absolute atomic E-state index is 0.179. The van der Waals surface area contributed by atoms with Crippen LogP contribution < -0.4 is 5.73 Å². The van der Waals surface area contributed by atoms with E-state index in [1.54, 1.807) is 19.1 Å². The van der Waals surface area contributed by atoms with Gasteiger partial charge in [0, 0.05) is 11.3 Å². The number of aryl methyl sites for hydroxylation is 2. The highest BCUT2D eigenvalue weighted by Crippen LogP contribution is 2.29. The molecule has 0 atom stereocenters. The van der Waals surface area contributed by atoms with Crippen LogP contribution in [0.1, 0.15) is 11.3 Å². The van der Waals surface area contributed by atoms with E-state index in [0.717, 1.165) is 5.69 Å². The van der Waals surface area contributed by atoms with Crippen molar-refractivity contribution in [3.05, 3.63) is 40.3 Å². The molecule has 17 heavy (non-hydrogen) atoms. The number of rotatable bonds is 1. The Labute approximate surface area is 103 Å². The summed E-state index contributed by atoms with van der Waals surface area (Å²) in [6, 6.07) is 4.69. The zero-order valence-corrected chi connectivity index (χ0v) is 10.2. The maximum atomic E-state index is 13.3. The van der Waals surface area contributed by atoms with Crippen molar-refractivity contribution >= 4 is 17.5 Å². The molecule has 0 amide bonds. The lowest BCUT2D eigenvalue weighted by Crippen LogP contribution is -1.99. The van der Waals surface area contributed by atoms with Gasteiger partial charge in [-0.15, -0.1) is 0 Å². The van der Waals surface area contributed by atoms with Gasteiger partial charge in [-0.05, 0) is 37.6 Å². The number of anilines is 1. The summed E-state index contributed by atoms with van der Waals surface area (Å²) in [6.07, 6.45) is 0. The van der Waals surface area contributed by atoms with Crippen LogP contribution in [0.5, 0.6) is 0 Å². The summed E-state index contributed by atoms with van der Waals surface area (Å²) < 4.78 is 13.3. The third-order valence-corrected chi connectivity index (χ3v) is 2.71. The zero-order valence-electron chi connectivity index (χ0n) is 9.46. The van der Waals surface area contributed by atoms with Gasteiger partial charge in [0.1, 0.15) is 5.82 Å². The second-order valence-corrected chi connectivity index (χ2v) is 4.24. The summed E-state index contributed by atoms with van der Waals surface area (Å²) in [5, 5.41) is 0.311. The topological polar surface area (TPSA) is 51.8 Å². The van der Waals surface area contributed by atoms with Crippen LogP contribution in [0.3, 0.4) is 0 Å². The van der Waals surface area contributed by atoms with Gasteiger partial charge in [-0.1, -0.05) is 11.6 Å². The highest BCUT2D eigenvalue weighted by atomic mass is 35.5. The predicted octanol–water partition coefficient (Wildman–Crippen LogP) is 3.14.